The van der Waals surface area contributed by atoms with Crippen molar-refractivity contribution >= 4 is 16.9 Å². The van der Waals surface area contributed by atoms with Crippen LogP contribution in [0.1, 0.15) is 12.0 Å². The van der Waals surface area contributed by atoms with Gasteiger partial charge in [0.2, 0.25) is 5.91 Å². The predicted molar refractivity (Wildman–Crippen MR) is 106 cm³/mol. The lowest BCUT2D eigenvalue weighted by Crippen LogP contribution is -2.39. The maximum absolute atomic E-state index is 12.8. The van der Waals surface area contributed by atoms with Crippen LogP contribution in [-0.4, -0.2) is 61.2 Å². The quantitative estimate of drug-likeness (QED) is 0.671. The first-order valence-electron chi connectivity index (χ1n) is 9.53. The van der Waals surface area contributed by atoms with Gasteiger partial charge >= 0.3 is 0 Å². The summed E-state index contributed by atoms with van der Waals surface area (Å²) >= 11 is 0. The van der Waals surface area contributed by atoms with E-state index in [0.29, 0.717) is 24.1 Å². The fourth-order valence-corrected chi connectivity index (χ4v) is 3.64. The molecule has 3 aromatic rings. The maximum Gasteiger partial charge on any atom is 0.264 e. The first-order chi connectivity index (χ1) is 13.6. The third-order valence-corrected chi connectivity index (χ3v) is 5.21. The van der Waals surface area contributed by atoms with E-state index in [1.165, 1.54) is 22.7 Å². The summed E-state index contributed by atoms with van der Waals surface area (Å²) in [6.45, 7) is 4.07. The summed E-state index contributed by atoms with van der Waals surface area (Å²) in [5, 5.41) is 4.49. The average molecular weight is 380 g/mol. The van der Waals surface area contributed by atoms with E-state index in [1.54, 1.807) is 11.7 Å². The first-order valence-corrected chi connectivity index (χ1v) is 9.53. The van der Waals surface area contributed by atoms with E-state index in [0.717, 1.165) is 26.1 Å². The second-order valence-corrected chi connectivity index (χ2v) is 7.18. The van der Waals surface area contributed by atoms with Crippen molar-refractivity contribution in [3.8, 4) is 0 Å². The molecule has 3 heterocycles. The molecular formula is C20H24N6O2. The van der Waals surface area contributed by atoms with Gasteiger partial charge in [0, 0.05) is 39.8 Å². The van der Waals surface area contributed by atoms with Crippen LogP contribution in [-0.2, 0) is 24.9 Å². The molecule has 0 atom stereocenters. The maximum atomic E-state index is 12.8. The molecule has 0 spiro atoms. The van der Waals surface area contributed by atoms with E-state index in [9.17, 15) is 9.59 Å². The fraction of sp³-hybridized carbons (Fsp3) is 0.400. The number of carbonyl (C=O) groups is 1. The van der Waals surface area contributed by atoms with Crippen molar-refractivity contribution in [2.45, 2.75) is 19.5 Å². The first kappa shape index (κ1) is 18.4. The van der Waals surface area contributed by atoms with Gasteiger partial charge in [0.1, 0.15) is 18.3 Å². The molecule has 0 aliphatic carbocycles. The Morgan fingerprint density at radius 2 is 1.93 bits per heavy atom. The molecule has 0 unspecified atom stereocenters. The van der Waals surface area contributed by atoms with Crippen LogP contribution < -0.4 is 5.56 Å². The molecule has 0 N–H and O–H groups in total. The highest BCUT2D eigenvalue weighted by molar-refractivity contribution is 5.77. The number of amides is 1. The van der Waals surface area contributed by atoms with Gasteiger partial charge in [-0.15, -0.1) is 0 Å². The van der Waals surface area contributed by atoms with Crippen LogP contribution in [0.5, 0.6) is 0 Å². The van der Waals surface area contributed by atoms with Crippen LogP contribution in [0.25, 0.3) is 11.0 Å². The van der Waals surface area contributed by atoms with E-state index in [4.69, 9.17) is 0 Å². The summed E-state index contributed by atoms with van der Waals surface area (Å²) in [5.74, 6) is -0.0475. The van der Waals surface area contributed by atoms with Crippen molar-refractivity contribution in [3.63, 3.8) is 0 Å². The number of carbonyl (C=O) groups excluding carboxylic acids is 1. The number of benzene rings is 1. The van der Waals surface area contributed by atoms with Gasteiger partial charge in [0.05, 0.1) is 6.20 Å². The van der Waals surface area contributed by atoms with Crippen molar-refractivity contribution in [2.24, 2.45) is 7.05 Å². The Kier molecular flexibility index (Phi) is 5.21. The summed E-state index contributed by atoms with van der Waals surface area (Å²) in [7, 11) is 1.74. The number of nitrogens with zero attached hydrogens (tertiary/aromatic N) is 6. The Morgan fingerprint density at radius 1 is 1.11 bits per heavy atom. The number of aromatic nitrogens is 4. The molecule has 1 fully saturated rings. The number of fused-ring (bicyclic) bond motifs is 1. The zero-order chi connectivity index (χ0) is 19.5. The van der Waals surface area contributed by atoms with E-state index in [2.05, 4.69) is 27.1 Å². The molecule has 28 heavy (non-hydrogen) atoms. The molecular weight excluding hydrogens is 356 g/mol. The van der Waals surface area contributed by atoms with E-state index >= 15 is 0 Å². The van der Waals surface area contributed by atoms with E-state index in [-0.39, 0.29) is 18.0 Å². The molecule has 1 saturated heterocycles. The fourth-order valence-electron chi connectivity index (χ4n) is 3.64. The number of rotatable bonds is 4. The summed E-state index contributed by atoms with van der Waals surface area (Å²) in [5.41, 5.74) is 1.58. The van der Waals surface area contributed by atoms with Crippen molar-refractivity contribution in [1.82, 2.24) is 29.1 Å². The second kappa shape index (κ2) is 7.93. The number of aryl methyl sites for hydroxylation is 1. The Bertz CT molecular complexity index is 1030. The normalized spacial score (nSPS) is 15.7. The second-order valence-electron chi connectivity index (χ2n) is 7.18. The Labute approximate surface area is 163 Å². The lowest BCUT2D eigenvalue weighted by molar-refractivity contribution is -0.131. The molecule has 8 heteroatoms. The van der Waals surface area contributed by atoms with Gasteiger partial charge in [-0.05, 0) is 12.0 Å². The van der Waals surface area contributed by atoms with Gasteiger partial charge in [-0.3, -0.25) is 23.7 Å². The molecule has 1 amide bonds. The number of hydrogen-bond acceptors (Lipinski definition) is 5. The molecule has 4 rings (SSSR count). The SMILES string of the molecule is Cn1ncc2c(=O)n(CC(=O)N3CCCN(Cc4ccccc4)CC3)cnc21. The van der Waals surface area contributed by atoms with Crippen LogP contribution >= 0.6 is 0 Å². The highest BCUT2D eigenvalue weighted by atomic mass is 16.2. The lowest BCUT2D eigenvalue weighted by atomic mass is 10.2. The highest BCUT2D eigenvalue weighted by Gasteiger charge is 2.20. The van der Waals surface area contributed by atoms with Crippen LogP contribution in [0.15, 0.2) is 47.7 Å². The van der Waals surface area contributed by atoms with Crippen molar-refractivity contribution in [3.05, 3.63) is 58.8 Å². The van der Waals surface area contributed by atoms with Crippen molar-refractivity contribution < 1.29 is 4.79 Å². The summed E-state index contributed by atoms with van der Waals surface area (Å²) in [6, 6.07) is 10.4. The van der Waals surface area contributed by atoms with Crippen LogP contribution in [0.3, 0.4) is 0 Å². The van der Waals surface area contributed by atoms with Gasteiger partial charge in [-0.25, -0.2) is 4.98 Å². The number of hydrogen-bond donors (Lipinski definition) is 0. The monoisotopic (exact) mass is 380 g/mol. The van der Waals surface area contributed by atoms with Crippen LogP contribution in [0.4, 0.5) is 0 Å². The third kappa shape index (κ3) is 3.82. The topological polar surface area (TPSA) is 76.3 Å². The Morgan fingerprint density at radius 3 is 2.75 bits per heavy atom. The Hall–Kier alpha value is -3.00. The standard InChI is InChI=1S/C20H24N6O2/c1-23-19-17(12-22-23)20(28)26(15-21-19)14-18(27)25-9-5-8-24(10-11-25)13-16-6-3-2-4-7-16/h2-4,6-7,12,15H,5,8-11,13-14H2,1H3. The zero-order valence-corrected chi connectivity index (χ0v) is 16.0. The molecule has 0 bridgehead atoms. The zero-order valence-electron chi connectivity index (χ0n) is 16.0. The largest absolute Gasteiger partial charge is 0.340 e. The van der Waals surface area contributed by atoms with E-state index < -0.39 is 0 Å². The minimum Gasteiger partial charge on any atom is -0.340 e. The van der Waals surface area contributed by atoms with Gasteiger partial charge in [0.25, 0.3) is 5.56 Å². The van der Waals surface area contributed by atoms with Crippen LogP contribution in [0.2, 0.25) is 0 Å². The van der Waals surface area contributed by atoms with Crippen molar-refractivity contribution in [2.75, 3.05) is 26.2 Å². The molecule has 146 valence electrons. The molecule has 1 aromatic carbocycles. The summed E-state index contributed by atoms with van der Waals surface area (Å²) in [6.07, 6.45) is 3.86. The summed E-state index contributed by atoms with van der Waals surface area (Å²) in [4.78, 5) is 33.8. The summed E-state index contributed by atoms with van der Waals surface area (Å²) < 4.78 is 2.93. The van der Waals surface area contributed by atoms with Gasteiger partial charge in [0.15, 0.2) is 5.65 Å². The smallest absolute Gasteiger partial charge is 0.264 e. The molecule has 0 saturated carbocycles. The third-order valence-electron chi connectivity index (χ3n) is 5.21. The van der Waals surface area contributed by atoms with Gasteiger partial charge < -0.3 is 4.90 Å². The Balaban J connectivity index is 1.40. The average Bonchev–Trinajstić information content (AvgIpc) is 2.93. The molecule has 1 aliphatic rings. The lowest BCUT2D eigenvalue weighted by Gasteiger charge is -2.22. The van der Waals surface area contributed by atoms with Gasteiger partial charge in [-0.2, -0.15) is 5.10 Å². The van der Waals surface area contributed by atoms with E-state index in [1.807, 2.05) is 23.1 Å². The minimum atomic E-state index is -0.230. The highest BCUT2D eigenvalue weighted by Crippen LogP contribution is 2.10. The predicted octanol–water partition coefficient (Wildman–Crippen LogP) is 0.865. The molecule has 0 radical (unpaired) electrons. The molecule has 2 aromatic heterocycles. The van der Waals surface area contributed by atoms with Crippen molar-refractivity contribution in [1.29, 1.82) is 0 Å². The molecule has 8 nitrogen and oxygen atoms in total. The molecule has 1 aliphatic heterocycles. The van der Waals surface area contributed by atoms with Crippen LogP contribution in [0, 0.1) is 0 Å². The minimum absolute atomic E-state index is 0.00928. The van der Waals surface area contributed by atoms with Gasteiger partial charge in [-0.1, -0.05) is 30.3 Å².